The average molecular weight is 202 g/mol. The molecule has 0 aliphatic heterocycles. The zero-order valence-corrected chi connectivity index (χ0v) is 9.16. The zero-order valence-electron chi connectivity index (χ0n) is 9.16. The van der Waals surface area contributed by atoms with Crippen LogP contribution in [0, 0.1) is 0 Å². The standard InChI is InChI=1S/C9H18N2O3/c1-7(9(13)11(2)3)10-6-5-8(12)14-4/h7,10H,5-6H2,1-4H3. The monoisotopic (exact) mass is 202 g/mol. The second-order valence-electron chi connectivity index (χ2n) is 3.23. The fraction of sp³-hybridized carbons (Fsp3) is 0.778. The van der Waals surface area contributed by atoms with E-state index in [1.807, 2.05) is 0 Å². The molecule has 0 aromatic carbocycles. The average Bonchev–Trinajstić information content (AvgIpc) is 2.15. The number of nitrogens with one attached hydrogen (secondary N) is 1. The van der Waals surface area contributed by atoms with Gasteiger partial charge < -0.3 is 15.0 Å². The third kappa shape index (κ3) is 4.81. The molecule has 0 heterocycles. The smallest absolute Gasteiger partial charge is 0.306 e. The highest BCUT2D eigenvalue weighted by Gasteiger charge is 2.13. The highest BCUT2D eigenvalue weighted by atomic mass is 16.5. The molecular formula is C9H18N2O3. The number of likely N-dealkylation sites (N-methyl/N-ethyl adjacent to an activating group) is 1. The summed E-state index contributed by atoms with van der Waals surface area (Å²) >= 11 is 0. The molecule has 0 rings (SSSR count). The van der Waals surface area contributed by atoms with E-state index in [9.17, 15) is 9.59 Å². The third-order valence-corrected chi connectivity index (χ3v) is 1.82. The Morgan fingerprint density at radius 3 is 2.43 bits per heavy atom. The van der Waals surface area contributed by atoms with Crippen molar-refractivity contribution in [2.24, 2.45) is 0 Å². The van der Waals surface area contributed by atoms with Crippen LogP contribution in [0.25, 0.3) is 0 Å². The van der Waals surface area contributed by atoms with E-state index in [1.165, 1.54) is 12.0 Å². The summed E-state index contributed by atoms with van der Waals surface area (Å²) in [4.78, 5) is 23.6. The van der Waals surface area contributed by atoms with Gasteiger partial charge in [0.05, 0.1) is 19.6 Å². The highest BCUT2D eigenvalue weighted by molar-refractivity contribution is 5.81. The Kier molecular flexibility index (Phi) is 5.87. The first kappa shape index (κ1) is 12.9. The zero-order chi connectivity index (χ0) is 11.1. The Balaban J connectivity index is 3.69. The Morgan fingerprint density at radius 2 is 2.00 bits per heavy atom. The van der Waals surface area contributed by atoms with E-state index < -0.39 is 0 Å². The molecule has 0 fully saturated rings. The molecule has 0 saturated carbocycles. The molecule has 82 valence electrons. The van der Waals surface area contributed by atoms with Crippen LogP contribution in [-0.4, -0.2) is 50.6 Å². The number of amides is 1. The van der Waals surface area contributed by atoms with Crippen molar-refractivity contribution in [3.8, 4) is 0 Å². The number of rotatable bonds is 5. The number of esters is 1. The van der Waals surface area contributed by atoms with Gasteiger partial charge in [-0.1, -0.05) is 0 Å². The summed E-state index contributed by atoms with van der Waals surface area (Å²) in [6.07, 6.45) is 0.279. The van der Waals surface area contributed by atoms with Crippen LogP contribution in [0.4, 0.5) is 0 Å². The number of nitrogens with zero attached hydrogens (tertiary/aromatic N) is 1. The highest BCUT2D eigenvalue weighted by Crippen LogP contribution is 1.89. The lowest BCUT2D eigenvalue weighted by Gasteiger charge is -2.17. The van der Waals surface area contributed by atoms with Crippen LogP contribution < -0.4 is 5.32 Å². The van der Waals surface area contributed by atoms with E-state index in [2.05, 4.69) is 10.1 Å². The molecule has 0 aliphatic rings. The summed E-state index contributed by atoms with van der Waals surface area (Å²) in [7, 11) is 4.73. The van der Waals surface area contributed by atoms with Crippen molar-refractivity contribution < 1.29 is 14.3 Å². The molecule has 0 aliphatic carbocycles. The predicted molar refractivity (Wildman–Crippen MR) is 52.8 cm³/mol. The summed E-state index contributed by atoms with van der Waals surface area (Å²) < 4.78 is 4.47. The third-order valence-electron chi connectivity index (χ3n) is 1.82. The van der Waals surface area contributed by atoms with Crippen molar-refractivity contribution in [3.63, 3.8) is 0 Å². The fourth-order valence-electron chi connectivity index (χ4n) is 0.967. The van der Waals surface area contributed by atoms with Gasteiger partial charge in [-0.15, -0.1) is 0 Å². The quantitative estimate of drug-likeness (QED) is 0.617. The van der Waals surface area contributed by atoms with Crippen molar-refractivity contribution in [2.75, 3.05) is 27.7 Å². The van der Waals surface area contributed by atoms with Crippen molar-refractivity contribution in [1.82, 2.24) is 10.2 Å². The van der Waals surface area contributed by atoms with Crippen LogP contribution in [0.1, 0.15) is 13.3 Å². The number of hydrogen-bond donors (Lipinski definition) is 1. The largest absolute Gasteiger partial charge is 0.469 e. The van der Waals surface area contributed by atoms with Gasteiger partial charge in [-0.05, 0) is 6.92 Å². The Bertz CT molecular complexity index is 204. The molecule has 0 aromatic heterocycles. The predicted octanol–water partition coefficient (Wildman–Crippen LogP) is -0.384. The molecule has 0 aromatic rings. The van der Waals surface area contributed by atoms with E-state index in [4.69, 9.17) is 0 Å². The molecule has 14 heavy (non-hydrogen) atoms. The number of carbonyl (C=O) groups is 2. The number of ether oxygens (including phenoxy) is 1. The van der Waals surface area contributed by atoms with E-state index in [0.717, 1.165) is 0 Å². The minimum absolute atomic E-state index is 0.00475. The summed E-state index contributed by atoms with van der Waals surface area (Å²) in [5.74, 6) is -0.281. The van der Waals surface area contributed by atoms with E-state index >= 15 is 0 Å². The van der Waals surface area contributed by atoms with Gasteiger partial charge in [0.15, 0.2) is 0 Å². The van der Waals surface area contributed by atoms with Crippen molar-refractivity contribution in [3.05, 3.63) is 0 Å². The lowest BCUT2D eigenvalue weighted by atomic mass is 10.3. The maximum atomic E-state index is 11.3. The van der Waals surface area contributed by atoms with Crippen molar-refractivity contribution in [2.45, 2.75) is 19.4 Å². The van der Waals surface area contributed by atoms with Gasteiger partial charge in [0.25, 0.3) is 0 Å². The lowest BCUT2D eigenvalue weighted by molar-refractivity contribution is -0.140. The van der Waals surface area contributed by atoms with Crippen molar-refractivity contribution in [1.29, 1.82) is 0 Å². The van der Waals surface area contributed by atoms with Crippen LogP contribution in [0.2, 0.25) is 0 Å². The Labute approximate surface area is 84.4 Å². The van der Waals surface area contributed by atoms with Crippen LogP contribution >= 0.6 is 0 Å². The molecular weight excluding hydrogens is 184 g/mol. The molecule has 1 amide bonds. The molecule has 0 saturated heterocycles. The number of carbonyl (C=O) groups excluding carboxylic acids is 2. The summed E-state index contributed by atoms with van der Waals surface area (Å²) in [6, 6.07) is -0.269. The molecule has 1 atom stereocenters. The Morgan fingerprint density at radius 1 is 1.43 bits per heavy atom. The molecule has 5 nitrogen and oxygen atoms in total. The molecule has 5 heteroatoms. The van der Waals surface area contributed by atoms with Gasteiger partial charge in [0.1, 0.15) is 0 Å². The fourth-order valence-corrected chi connectivity index (χ4v) is 0.967. The first-order valence-electron chi connectivity index (χ1n) is 4.50. The van der Waals surface area contributed by atoms with E-state index in [1.54, 1.807) is 21.0 Å². The maximum Gasteiger partial charge on any atom is 0.306 e. The number of methoxy groups -OCH3 is 1. The molecule has 1 unspecified atom stereocenters. The topological polar surface area (TPSA) is 58.6 Å². The molecule has 1 N–H and O–H groups in total. The second kappa shape index (κ2) is 6.37. The maximum absolute atomic E-state index is 11.3. The summed E-state index contributed by atoms with van der Waals surface area (Å²) in [6.45, 7) is 2.22. The van der Waals surface area contributed by atoms with Gasteiger partial charge in [-0.25, -0.2) is 0 Å². The number of hydrogen-bond acceptors (Lipinski definition) is 4. The minimum Gasteiger partial charge on any atom is -0.469 e. The second-order valence-corrected chi connectivity index (χ2v) is 3.23. The minimum atomic E-state index is -0.276. The van der Waals surface area contributed by atoms with Gasteiger partial charge in [-0.3, -0.25) is 9.59 Å². The van der Waals surface area contributed by atoms with Crippen LogP contribution in [0.15, 0.2) is 0 Å². The normalized spacial score (nSPS) is 12.0. The van der Waals surface area contributed by atoms with Crippen molar-refractivity contribution >= 4 is 11.9 Å². The van der Waals surface area contributed by atoms with Crippen LogP contribution in [-0.2, 0) is 14.3 Å². The molecule has 0 spiro atoms. The van der Waals surface area contributed by atoms with Gasteiger partial charge in [0.2, 0.25) is 5.91 Å². The first-order valence-corrected chi connectivity index (χ1v) is 4.50. The molecule has 0 radical (unpaired) electrons. The van der Waals surface area contributed by atoms with Crippen LogP contribution in [0.3, 0.4) is 0 Å². The first-order chi connectivity index (χ1) is 6.49. The van der Waals surface area contributed by atoms with E-state index in [0.29, 0.717) is 6.54 Å². The molecule has 0 bridgehead atoms. The van der Waals surface area contributed by atoms with E-state index in [-0.39, 0.29) is 24.3 Å². The lowest BCUT2D eigenvalue weighted by Crippen LogP contribution is -2.42. The Hall–Kier alpha value is -1.10. The van der Waals surface area contributed by atoms with Gasteiger partial charge in [-0.2, -0.15) is 0 Å². The summed E-state index contributed by atoms with van der Waals surface area (Å²) in [5.41, 5.74) is 0. The van der Waals surface area contributed by atoms with Gasteiger partial charge in [0, 0.05) is 20.6 Å². The summed E-state index contributed by atoms with van der Waals surface area (Å²) in [5, 5.41) is 2.94. The van der Waals surface area contributed by atoms with Gasteiger partial charge >= 0.3 is 5.97 Å². The van der Waals surface area contributed by atoms with Crippen LogP contribution in [0.5, 0.6) is 0 Å². The SMILES string of the molecule is COC(=O)CCNC(C)C(=O)N(C)C.